The van der Waals surface area contributed by atoms with E-state index >= 15 is 0 Å². The van der Waals surface area contributed by atoms with Crippen LogP contribution in [0.25, 0.3) is 10.9 Å². The van der Waals surface area contributed by atoms with E-state index in [1.54, 1.807) is 0 Å². The molecule has 1 aliphatic rings. The molecule has 0 aliphatic carbocycles. The molecular weight excluding hydrogens is 270 g/mol. The fourth-order valence-electron chi connectivity index (χ4n) is 3.54. The third kappa shape index (κ3) is 3.53. The monoisotopic (exact) mass is 299 g/mol. The molecule has 22 heavy (non-hydrogen) atoms. The molecule has 0 atom stereocenters. The highest BCUT2D eigenvalue weighted by atomic mass is 15.2. The second kappa shape index (κ2) is 7.30. The van der Waals surface area contributed by atoms with Crippen molar-refractivity contribution in [2.75, 3.05) is 32.7 Å². The maximum absolute atomic E-state index is 3.43. The number of fused-ring (bicyclic) bond motifs is 1. The van der Waals surface area contributed by atoms with Crippen molar-refractivity contribution in [3.05, 3.63) is 35.5 Å². The molecule has 1 fully saturated rings. The number of benzene rings is 1. The highest BCUT2D eigenvalue weighted by molar-refractivity contribution is 5.84. The van der Waals surface area contributed by atoms with Gasteiger partial charge in [0.1, 0.15) is 0 Å². The first-order valence-electron chi connectivity index (χ1n) is 8.79. The summed E-state index contributed by atoms with van der Waals surface area (Å²) in [6.45, 7) is 11.5. The van der Waals surface area contributed by atoms with E-state index in [4.69, 9.17) is 0 Å². The number of rotatable bonds is 6. The molecule has 0 radical (unpaired) electrons. The number of aromatic nitrogens is 1. The minimum atomic E-state index is 1.12. The molecule has 2 aromatic rings. The molecule has 0 spiro atoms. The Morgan fingerprint density at radius 3 is 2.73 bits per heavy atom. The van der Waals surface area contributed by atoms with Gasteiger partial charge in [-0.25, -0.2) is 0 Å². The van der Waals surface area contributed by atoms with E-state index in [0.29, 0.717) is 0 Å². The van der Waals surface area contributed by atoms with Gasteiger partial charge in [0.05, 0.1) is 0 Å². The Balaban J connectivity index is 1.70. The van der Waals surface area contributed by atoms with E-state index in [1.807, 2.05) is 0 Å². The molecule has 3 nitrogen and oxygen atoms in total. The van der Waals surface area contributed by atoms with Crippen LogP contribution in [0.1, 0.15) is 30.9 Å². The Kier molecular flexibility index (Phi) is 5.16. The van der Waals surface area contributed by atoms with Crippen molar-refractivity contribution in [3.8, 4) is 0 Å². The largest absolute Gasteiger partial charge is 0.347 e. The Bertz CT molecular complexity index is 608. The normalized spacial score (nSPS) is 16.5. The van der Waals surface area contributed by atoms with Crippen LogP contribution in [0, 0.1) is 6.92 Å². The Labute approximate surface area is 134 Å². The van der Waals surface area contributed by atoms with Crippen molar-refractivity contribution in [2.45, 2.75) is 39.7 Å². The summed E-state index contributed by atoms with van der Waals surface area (Å²) < 4.78 is 2.44. The number of nitrogens with one attached hydrogen (secondary N) is 1. The Hall–Kier alpha value is -1.32. The molecule has 1 saturated heterocycles. The van der Waals surface area contributed by atoms with Gasteiger partial charge in [0.25, 0.3) is 0 Å². The minimum absolute atomic E-state index is 1.12. The van der Waals surface area contributed by atoms with Crippen LogP contribution >= 0.6 is 0 Å². The molecule has 2 heterocycles. The quantitative estimate of drug-likeness (QED) is 0.884. The second-order valence-electron chi connectivity index (χ2n) is 6.56. The fraction of sp³-hybridized carbons (Fsp3) is 0.579. The minimum Gasteiger partial charge on any atom is -0.347 e. The van der Waals surface area contributed by atoms with Crippen LogP contribution in [0.4, 0.5) is 0 Å². The van der Waals surface area contributed by atoms with Crippen molar-refractivity contribution in [1.82, 2.24) is 14.8 Å². The summed E-state index contributed by atoms with van der Waals surface area (Å²) in [4.78, 5) is 2.59. The van der Waals surface area contributed by atoms with Crippen molar-refractivity contribution in [3.63, 3.8) is 0 Å². The lowest BCUT2D eigenvalue weighted by molar-refractivity contribution is 0.238. The summed E-state index contributed by atoms with van der Waals surface area (Å²) in [5.41, 5.74) is 4.30. The van der Waals surface area contributed by atoms with Gasteiger partial charge in [-0.1, -0.05) is 18.6 Å². The van der Waals surface area contributed by atoms with Gasteiger partial charge < -0.3 is 14.8 Å². The first-order chi connectivity index (χ1) is 10.8. The lowest BCUT2D eigenvalue weighted by Gasteiger charge is -2.26. The van der Waals surface area contributed by atoms with Gasteiger partial charge in [0.15, 0.2) is 0 Å². The van der Waals surface area contributed by atoms with Gasteiger partial charge in [-0.3, -0.25) is 0 Å². The van der Waals surface area contributed by atoms with Gasteiger partial charge in [0.2, 0.25) is 0 Å². The molecule has 1 aromatic carbocycles. The lowest BCUT2D eigenvalue weighted by Crippen LogP contribution is -2.43. The number of hydrogen-bond acceptors (Lipinski definition) is 2. The summed E-state index contributed by atoms with van der Waals surface area (Å²) in [6.07, 6.45) is 6.04. The first kappa shape index (κ1) is 15.6. The Morgan fingerprint density at radius 2 is 1.95 bits per heavy atom. The highest BCUT2D eigenvalue weighted by Gasteiger charge is 2.11. The molecule has 1 aliphatic heterocycles. The van der Waals surface area contributed by atoms with Gasteiger partial charge in [0, 0.05) is 49.8 Å². The van der Waals surface area contributed by atoms with Crippen LogP contribution in [0.2, 0.25) is 0 Å². The van der Waals surface area contributed by atoms with E-state index < -0.39 is 0 Å². The molecule has 120 valence electrons. The highest BCUT2D eigenvalue weighted by Crippen LogP contribution is 2.24. The van der Waals surface area contributed by atoms with E-state index in [-0.39, 0.29) is 0 Å². The van der Waals surface area contributed by atoms with E-state index in [9.17, 15) is 0 Å². The lowest BCUT2D eigenvalue weighted by atomic mass is 10.1. The van der Waals surface area contributed by atoms with Gasteiger partial charge in [-0.2, -0.15) is 0 Å². The third-order valence-corrected chi connectivity index (χ3v) is 4.71. The van der Waals surface area contributed by atoms with Crippen LogP contribution in [-0.2, 0) is 13.0 Å². The van der Waals surface area contributed by atoms with Gasteiger partial charge >= 0.3 is 0 Å². The first-order valence-corrected chi connectivity index (χ1v) is 8.79. The average molecular weight is 299 g/mol. The number of aryl methyl sites for hydroxylation is 3. The maximum Gasteiger partial charge on any atom is 0.0483 e. The predicted octanol–water partition coefficient (Wildman–Crippen LogP) is 3.20. The van der Waals surface area contributed by atoms with Crippen molar-refractivity contribution >= 4 is 10.9 Å². The van der Waals surface area contributed by atoms with Crippen LogP contribution in [0.3, 0.4) is 0 Å². The molecule has 0 bridgehead atoms. The molecular formula is C19H29N3. The standard InChI is InChI=1S/C19H29N3/c1-3-10-22-15-17(18-14-16(2)6-7-19(18)22)5-4-11-21-12-8-20-9-13-21/h6-7,14-15,20H,3-5,8-13H2,1-2H3. The van der Waals surface area contributed by atoms with Gasteiger partial charge in [-0.15, -0.1) is 0 Å². The Morgan fingerprint density at radius 1 is 1.14 bits per heavy atom. The molecule has 0 saturated carbocycles. The van der Waals surface area contributed by atoms with E-state index in [1.165, 1.54) is 60.9 Å². The summed E-state index contributed by atoms with van der Waals surface area (Å²) in [5.74, 6) is 0. The summed E-state index contributed by atoms with van der Waals surface area (Å²) >= 11 is 0. The van der Waals surface area contributed by atoms with Crippen molar-refractivity contribution < 1.29 is 0 Å². The average Bonchev–Trinajstić information content (AvgIpc) is 2.86. The molecule has 0 amide bonds. The van der Waals surface area contributed by atoms with Crippen molar-refractivity contribution in [1.29, 1.82) is 0 Å². The number of hydrogen-bond donors (Lipinski definition) is 1. The third-order valence-electron chi connectivity index (χ3n) is 4.71. The summed E-state index contributed by atoms with van der Waals surface area (Å²) in [6, 6.07) is 6.89. The van der Waals surface area contributed by atoms with E-state index in [0.717, 1.165) is 19.6 Å². The van der Waals surface area contributed by atoms with Crippen LogP contribution in [0.5, 0.6) is 0 Å². The summed E-state index contributed by atoms with van der Waals surface area (Å²) in [7, 11) is 0. The van der Waals surface area contributed by atoms with Gasteiger partial charge in [-0.05, 0) is 50.4 Å². The fourth-order valence-corrected chi connectivity index (χ4v) is 3.54. The molecule has 0 unspecified atom stereocenters. The predicted molar refractivity (Wildman–Crippen MR) is 94.6 cm³/mol. The molecule has 3 heteroatoms. The topological polar surface area (TPSA) is 20.2 Å². The zero-order chi connectivity index (χ0) is 15.4. The SMILES string of the molecule is CCCn1cc(CCCN2CCNCC2)c2cc(C)ccc21. The second-order valence-corrected chi connectivity index (χ2v) is 6.56. The van der Waals surface area contributed by atoms with Crippen molar-refractivity contribution in [2.24, 2.45) is 0 Å². The summed E-state index contributed by atoms with van der Waals surface area (Å²) in [5, 5.41) is 4.89. The van der Waals surface area contributed by atoms with Crippen LogP contribution < -0.4 is 5.32 Å². The van der Waals surface area contributed by atoms with Crippen LogP contribution in [-0.4, -0.2) is 42.2 Å². The van der Waals surface area contributed by atoms with Crippen LogP contribution in [0.15, 0.2) is 24.4 Å². The van der Waals surface area contributed by atoms with E-state index in [2.05, 4.69) is 53.0 Å². The smallest absolute Gasteiger partial charge is 0.0483 e. The molecule has 1 aromatic heterocycles. The number of nitrogens with zero attached hydrogens (tertiary/aromatic N) is 2. The maximum atomic E-state index is 3.43. The molecule has 3 rings (SSSR count). The molecule has 1 N–H and O–H groups in total. The zero-order valence-electron chi connectivity index (χ0n) is 14.1. The zero-order valence-corrected chi connectivity index (χ0v) is 14.1. The number of piperazine rings is 1.